The Hall–Kier alpha value is -0.790. The van der Waals surface area contributed by atoms with Crippen LogP contribution in [0.5, 0.6) is 0 Å². The third-order valence-electron chi connectivity index (χ3n) is 8.06. The number of carbonyl (C=O) groups is 1. The fourth-order valence-electron chi connectivity index (χ4n) is 7.12. The number of hydrogen-bond acceptors (Lipinski definition) is 1. The Labute approximate surface area is 140 Å². The number of aliphatic carboxylic acids is 1. The van der Waals surface area contributed by atoms with Crippen LogP contribution in [-0.4, -0.2) is 11.1 Å². The van der Waals surface area contributed by atoms with E-state index in [4.69, 9.17) is 5.11 Å². The van der Waals surface area contributed by atoms with Gasteiger partial charge in [-0.1, -0.05) is 31.8 Å². The molecule has 5 saturated carbocycles. The van der Waals surface area contributed by atoms with Gasteiger partial charge in [-0.25, -0.2) is 4.79 Å². The van der Waals surface area contributed by atoms with Gasteiger partial charge in [-0.2, -0.15) is 0 Å². The number of carboxylic acid groups (broad SMARTS) is 1. The van der Waals surface area contributed by atoms with E-state index in [0.717, 1.165) is 47.8 Å². The molecule has 5 fully saturated rings. The highest BCUT2D eigenvalue weighted by Crippen LogP contribution is 2.61. The predicted molar refractivity (Wildman–Crippen MR) is 92.0 cm³/mol. The zero-order chi connectivity index (χ0) is 16.0. The van der Waals surface area contributed by atoms with Gasteiger partial charge in [0, 0.05) is 5.57 Å². The van der Waals surface area contributed by atoms with Gasteiger partial charge >= 0.3 is 5.97 Å². The lowest BCUT2D eigenvalue weighted by molar-refractivity contribution is -0.132. The number of rotatable bonds is 3. The minimum atomic E-state index is -0.740. The van der Waals surface area contributed by atoms with Crippen LogP contribution in [0.25, 0.3) is 0 Å². The molecule has 7 unspecified atom stereocenters. The van der Waals surface area contributed by atoms with Crippen molar-refractivity contribution in [3.8, 4) is 0 Å². The van der Waals surface area contributed by atoms with Gasteiger partial charge in [0.15, 0.2) is 0 Å². The van der Waals surface area contributed by atoms with Crippen molar-refractivity contribution in [3.63, 3.8) is 0 Å². The second kappa shape index (κ2) is 6.26. The third kappa shape index (κ3) is 2.76. The lowest BCUT2D eigenvalue weighted by atomic mass is 9.61. The Morgan fingerprint density at radius 2 is 1.61 bits per heavy atom. The lowest BCUT2D eigenvalue weighted by Gasteiger charge is -2.44. The fourth-order valence-corrected chi connectivity index (χ4v) is 7.12. The Balaban J connectivity index is 1.58. The first-order valence-corrected chi connectivity index (χ1v) is 10.0. The summed E-state index contributed by atoms with van der Waals surface area (Å²) >= 11 is 0. The van der Waals surface area contributed by atoms with Crippen molar-refractivity contribution in [1.82, 2.24) is 0 Å². The van der Waals surface area contributed by atoms with Crippen LogP contribution in [0.3, 0.4) is 0 Å². The summed E-state index contributed by atoms with van der Waals surface area (Å²) in [7, 11) is 0. The van der Waals surface area contributed by atoms with Crippen LogP contribution in [0.4, 0.5) is 0 Å². The van der Waals surface area contributed by atoms with Crippen LogP contribution < -0.4 is 0 Å². The normalized spacial score (nSPS) is 46.1. The van der Waals surface area contributed by atoms with E-state index in [9.17, 15) is 4.79 Å². The third-order valence-corrected chi connectivity index (χ3v) is 8.06. The van der Waals surface area contributed by atoms with Gasteiger partial charge in [0.25, 0.3) is 0 Å². The zero-order valence-electron chi connectivity index (χ0n) is 14.5. The molecule has 0 aliphatic heterocycles. The maximum atomic E-state index is 11.1. The van der Waals surface area contributed by atoms with E-state index in [1.807, 2.05) is 6.08 Å². The van der Waals surface area contributed by atoms with Crippen LogP contribution in [0.1, 0.15) is 71.1 Å². The van der Waals surface area contributed by atoms with Crippen molar-refractivity contribution in [2.45, 2.75) is 71.1 Å². The first-order valence-electron chi connectivity index (χ1n) is 10.0. The Morgan fingerprint density at radius 3 is 2.39 bits per heavy atom. The van der Waals surface area contributed by atoms with Crippen molar-refractivity contribution >= 4 is 5.97 Å². The summed E-state index contributed by atoms with van der Waals surface area (Å²) in [6, 6.07) is 0. The molecule has 23 heavy (non-hydrogen) atoms. The minimum absolute atomic E-state index is 0.547. The molecule has 5 rings (SSSR count). The van der Waals surface area contributed by atoms with E-state index in [1.165, 1.54) is 57.8 Å². The zero-order valence-corrected chi connectivity index (χ0v) is 14.5. The van der Waals surface area contributed by atoms with Gasteiger partial charge in [0.05, 0.1) is 0 Å². The van der Waals surface area contributed by atoms with Crippen molar-refractivity contribution < 1.29 is 9.90 Å². The smallest absolute Gasteiger partial charge is 0.330 e. The molecule has 7 atom stereocenters. The second-order valence-corrected chi connectivity index (χ2v) is 8.95. The topological polar surface area (TPSA) is 37.3 Å². The van der Waals surface area contributed by atoms with Gasteiger partial charge in [0.2, 0.25) is 0 Å². The van der Waals surface area contributed by atoms with Crippen molar-refractivity contribution in [2.24, 2.45) is 41.4 Å². The van der Waals surface area contributed by atoms with Gasteiger partial charge in [-0.15, -0.1) is 0 Å². The average Bonchev–Trinajstić information content (AvgIpc) is 2.94. The molecule has 0 heterocycles. The molecule has 0 radical (unpaired) electrons. The van der Waals surface area contributed by atoms with Crippen LogP contribution in [0.2, 0.25) is 0 Å². The molecule has 2 heteroatoms. The molecular formula is C21H32O2. The van der Waals surface area contributed by atoms with Crippen LogP contribution in [0.15, 0.2) is 11.6 Å². The molecule has 0 aromatic carbocycles. The van der Waals surface area contributed by atoms with E-state index in [2.05, 4.69) is 0 Å². The maximum Gasteiger partial charge on any atom is 0.330 e. The van der Waals surface area contributed by atoms with E-state index < -0.39 is 5.97 Å². The second-order valence-electron chi connectivity index (χ2n) is 8.95. The monoisotopic (exact) mass is 316 g/mol. The highest BCUT2D eigenvalue weighted by molar-refractivity contribution is 5.85. The number of carboxylic acids is 1. The van der Waals surface area contributed by atoms with E-state index in [0.29, 0.717) is 5.57 Å². The number of hydrogen-bond donors (Lipinski definition) is 1. The molecule has 0 aromatic heterocycles. The molecule has 0 amide bonds. The Bertz CT molecular complexity index is 494. The van der Waals surface area contributed by atoms with Gasteiger partial charge in [-0.3, -0.25) is 0 Å². The lowest BCUT2D eigenvalue weighted by Crippen LogP contribution is -2.37. The predicted octanol–water partition coefficient (Wildman–Crippen LogP) is 5.29. The van der Waals surface area contributed by atoms with Crippen LogP contribution >= 0.6 is 0 Å². The van der Waals surface area contributed by atoms with Crippen LogP contribution in [-0.2, 0) is 4.79 Å². The Kier molecular flexibility index (Phi) is 4.28. The van der Waals surface area contributed by atoms with Gasteiger partial charge in [0.1, 0.15) is 0 Å². The first-order chi connectivity index (χ1) is 11.1. The van der Waals surface area contributed by atoms with E-state index in [-0.39, 0.29) is 0 Å². The summed E-state index contributed by atoms with van der Waals surface area (Å²) in [5.41, 5.74) is 0.547. The van der Waals surface area contributed by atoms with Gasteiger partial charge < -0.3 is 5.11 Å². The standard InChI is InChI=1S/C21H32O2/c1-13(21(22)23)9-10-15-12-20-16-6-3-2-5-14(16)11-19(15)17-7-4-8-18(17)20/h9,14-20H,2-8,10-12H2,1H3,(H,22,23). The quantitative estimate of drug-likeness (QED) is 0.719. The van der Waals surface area contributed by atoms with Gasteiger partial charge in [-0.05, 0) is 86.9 Å². The number of fused-ring (bicyclic) bond motifs is 1. The summed E-state index contributed by atoms with van der Waals surface area (Å²) in [6.45, 7) is 1.76. The first kappa shape index (κ1) is 15.7. The summed E-state index contributed by atoms with van der Waals surface area (Å²) in [6.07, 6.45) is 16.2. The van der Waals surface area contributed by atoms with E-state index in [1.54, 1.807) is 6.92 Å². The SMILES string of the molecule is CC(=CCC1CC2C3CCCCC3CC1C1CCCC12)C(=O)O. The molecule has 5 aliphatic rings. The highest BCUT2D eigenvalue weighted by atomic mass is 16.4. The molecule has 0 aromatic rings. The number of allylic oxidation sites excluding steroid dienone is 1. The molecule has 0 spiro atoms. The van der Waals surface area contributed by atoms with Crippen molar-refractivity contribution in [2.75, 3.05) is 0 Å². The molecule has 2 bridgehead atoms. The molecular weight excluding hydrogens is 284 g/mol. The summed E-state index contributed by atoms with van der Waals surface area (Å²) in [5, 5.41) is 9.15. The van der Waals surface area contributed by atoms with E-state index >= 15 is 0 Å². The summed E-state index contributed by atoms with van der Waals surface area (Å²) in [4.78, 5) is 11.1. The van der Waals surface area contributed by atoms with Crippen molar-refractivity contribution in [1.29, 1.82) is 0 Å². The molecule has 5 aliphatic carbocycles. The molecule has 128 valence electrons. The fraction of sp³-hybridized carbons (Fsp3) is 0.857. The minimum Gasteiger partial charge on any atom is -0.478 e. The highest BCUT2D eigenvalue weighted by Gasteiger charge is 2.53. The Morgan fingerprint density at radius 1 is 0.913 bits per heavy atom. The average molecular weight is 316 g/mol. The maximum absolute atomic E-state index is 11.1. The molecule has 0 saturated heterocycles. The van der Waals surface area contributed by atoms with Crippen molar-refractivity contribution in [3.05, 3.63) is 11.6 Å². The summed E-state index contributed by atoms with van der Waals surface area (Å²) in [5.74, 6) is 5.89. The van der Waals surface area contributed by atoms with Crippen LogP contribution in [0, 0.1) is 41.4 Å². The summed E-state index contributed by atoms with van der Waals surface area (Å²) < 4.78 is 0. The molecule has 2 nitrogen and oxygen atoms in total. The molecule has 1 N–H and O–H groups in total. The largest absolute Gasteiger partial charge is 0.478 e.